The molecule has 0 spiro atoms. The number of hydrogen-bond donors (Lipinski definition) is 0. The van der Waals surface area contributed by atoms with Crippen LogP contribution < -0.4 is 4.74 Å². The Labute approximate surface area is 162 Å². The van der Waals surface area contributed by atoms with Crippen molar-refractivity contribution in [2.75, 3.05) is 6.61 Å². The summed E-state index contributed by atoms with van der Waals surface area (Å²) in [5, 5.41) is 9.75. The highest BCUT2D eigenvalue weighted by Crippen LogP contribution is 2.31. The van der Waals surface area contributed by atoms with Gasteiger partial charge in [-0.3, -0.25) is 0 Å². The molecule has 0 aliphatic rings. The van der Waals surface area contributed by atoms with Crippen LogP contribution in [0.15, 0.2) is 60.0 Å². The predicted octanol–water partition coefficient (Wildman–Crippen LogP) is 4.30. The average Bonchev–Trinajstić information content (AvgIpc) is 3.30. The van der Waals surface area contributed by atoms with E-state index < -0.39 is 0 Å². The molecule has 0 atom stereocenters. The van der Waals surface area contributed by atoms with Crippen molar-refractivity contribution in [3.05, 3.63) is 60.6 Å². The lowest BCUT2D eigenvalue weighted by molar-refractivity contribution is 0.341. The van der Waals surface area contributed by atoms with Crippen LogP contribution in [0.25, 0.3) is 17.0 Å². The van der Waals surface area contributed by atoms with Crippen LogP contribution >= 0.6 is 11.8 Å². The second-order valence-electron chi connectivity index (χ2n) is 5.97. The zero-order valence-electron chi connectivity index (χ0n) is 15.4. The molecule has 4 aromatic rings. The first-order chi connectivity index (χ1) is 13.3. The Morgan fingerprint density at radius 1 is 1.04 bits per heavy atom. The number of aromatic nitrogens is 5. The molecular formula is C20H21N5OS. The summed E-state index contributed by atoms with van der Waals surface area (Å²) in [5.74, 6) is 2.41. The fraction of sp³-hybridized carbons (Fsp3) is 0.250. The summed E-state index contributed by atoms with van der Waals surface area (Å²) in [6.07, 6.45) is 4.06. The van der Waals surface area contributed by atoms with Crippen molar-refractivity contribution in [1.29, 1.82) is 0 Å². The molecule has 0 unspecified atom stereocenters. The maximum Gasteiger partial charge on any atom is 0.191 e. The van der Waals surface area contributed by atoms with E-state index in [2.05, 4.69) is 32.9 Å². The van der Waals surface area contributed by atoms with Gasteiger partial charge in [0.05, 0.1) is 17.9 Å². The zero-order chi connectivity index (χ0) is 18.6. The lowest BCUT2D eigenvalue weighted by Crippen LogP contribution is -2.02. The van der Waals surface area contributed by atoms with Crippen molar-refractivity contribution in [2.24, 2.45) is 0 Å². The summed E-state index contributed by atoms with van der Waals surface area (Å²) < 4.78 is 9.92. The van der Waals surface area contributed by atoms with E-state index in [1.165, 1.54) is 0 Å². The highest BCUT2D eigenvalue weighted by Gasteiger charge is 2.17. The summed E-state index contributed by atoms with van der Waals surface area (Å²) in [7, 11) is 0. The van der Waals surface area contributed by atoms with E-state index in [1.54, 1.807) is 11.8 Å². The fourth-order valence-corrected chi connectivity index (χ4v) is 3.89. The van der Waals surface area contributed by atoms with Crippen molar-refractivity contribution >= 4 is 17.4 Å². The number of benzene rings is 1. The van der Waals surface area contributed by atoms with Crippen molar-refractivity contribution in [1.82, 2.24) is 24.1 Å². The number of imidazole rings is 1. The van der Waals surface area contributed by atoms with Crippen LogP contribution in [0.2, 0.25) is 0 Å². The molecule has 6 nitrogen and oxygen atoms in total. The number of fused-ring (bicyclic) bond motifs is 1. The highest BCUT2D eigenvalue weighted by atomic mass is 32.2. The van der Waals surface area contributed by atoms with Gasteiger partial charge in [-0.05, 0) is 38.1 Å². The quantitative estimate of drug-likeness (QED) is 0.448. The maximum atomic E-state index is 5.76. The van der Waals surface area contributed by atoms with Crippen molar-refractivity contribution in [3.63, 3.8) is 0 Å². The molecule has 0 N–H and O–H groups in total. The van der Waals surface area contributed by atoms with Gasteiger partial charge >= 0.3 is 0 Å². The van der Waals surface area contributed by atoms with E-state index in [0.717, 1.165) is 45.9 Å². The van der Waals surface area contributed by atoms with E-state index in [-0.39, 0.29) is 0 Å². The Hall–Kier alpha value is -2.80. The Bertz CT molecular complexity index is 1020. The summed E-state index contributed by atoms with van der Waals surface area (Å²) in [6.45, 7) is 5.49. The zero-order valence-corrected chi connectivity index (χ0v) is 16.2. The topological polar surface area (TPSA) is 57.2 Å². The van der Waals surface area contributed by atoms with Gasteiger partial charge in [0.2, 0.25) is 0 Å². The molecule has 138 valence electrons. The molecule has 0 aliphatic carbocycles. The van der Waals surface area contributed by atoms with E-state index in [0.29, 0.717) is 6.61 Å². The third kappa shape index (κ3) is 3.55. The first-order valence-corrected chi connectivity index (χ1v) is 9.99. The first kappa shape index (κ1) is 17.6. The first-order valence-electron chi connectivity index (χ1n) is 9.01. The smallest absolute Gasteiger partial charge is 0.191 e. The normalized spacial score (nSPS) is 11.2. The van der Waals surface area contributed by atoms with Crippen molar-refractivity contribution in [2.45, 2.75) is 31.3 Å². The largest absolute Gasteiger partial charge is 0.493 e. The Balaban J connectivity index is 1.59. The number of para-hydroxylation sites is 1. The number of rotatable bonds is 7. The molecule has 3 aromatic heterocycles. The number of ether oxygens (including phenoxy) is 1. The number of thioether (sulfide) groups is 1. The molecule has 3 heterocycles. The third-order valence-electron chi connectivity index (χ3n) is 4.22. The molecule has 0 fully saturated rings. The van der Waals surface area contributed by atoms with Gasteiger partial charge < -0.3 is 13.7 Å². The van der Waals surface area contributed by atoms with Gasteiger partial charge in [0, 0.05) is 24.7 Å². The van der Waals surface area contributed by atoms with Gasteiger partial charge in [0.15, 0.2) is 11.0 Å². The van der Waals surface area contributed by atoms with Gasteiger partial charge in [-0.1, -0.05) is 30.0 Å². The Kier molecular flexibility index (Phi) is 5.11. The molecule has 0 amide bonds. The predicted molar refractivity (Wildman–Crippen MR) is 107 cm³/mol. The fourth-order valence-electron chi connectivity index (χ4n) is 3.01. The molecule has 0 aliphatic heterocycles. The van der Waals surface area contributed by atoms with Gasteiger partial charge in [-0.15, -0.1) is 10.2 Å². The van der Waals surface area contributed by atoms with E-state index in [1.807, 2.05) is 60.0 Å². The highest BCUT2D eigenvalue weighted by molar-refractivity contribution is 7.98. The lowest BCUT2D eigenvalue weighted by atomic mass is 10.2. The lowest BCUT2D eigenvalue weighted by Gasteiger charge is -2.11. The molecule has 1 aromatic carbocycles. The maximum absolute atomic E-state index is 5.76. The van der Waals surface area contributed by atoms with E-state index in [9.17, 15) is 0 Å². The molecule has 0 saturated heterocycles. The molecular weight excluding hydrogens is 358 g/mol. The SMILES string of the molecule is CCOc1ccccc1-c1nnc(SCc2cn3ccccc3n2)n1CC. The van der Waals surface area contributed by atoms with Crippen LogP contribution in [0.5, 0.6) is 5.75 Å². The van der Waals surface area contributed by atoms with Gasteiger partial charge in [0.1, 0.15) is 11.4 Å². The molecule has 0 saturated carbocycles. The Morgan fingerprint density at radius 3 is 2.70 bits per heavy atom. The summed E-state index contributed by atoms with van der Waals surface area (Å²) in [4.78, 5) is 4.65. The van der Waals surface area contributed by atoms with Crippen LogP contribution in [0.4, 0.5) is 0 Å². The summed E-state index contributed by atoms with van der Waals surface area (Å²) in [5.41, 5.74) is 2.94. The summed E-state index contributed by atoms with van der Waals surface area (Å²) in [6, 6.07) is 14.0. The second-order valence-corrected chi connectivity index (χ2v) is 6.91. The minimum absolute atomic E-state index is 0.618. The molecule has 7 heteroatoms. The van der Waals surface area contributed by atoms with Crippen molar-refractivity contribution in [3.8, 4) is 17.1 Å². The van der Waals surface area contributed by atoms with Gasteiger partial charge in [-0.25, -0.2) is 4.98 Å². The van der Waals surface area contributed by atoms with Crippen molar-refractivity contribution < 1.29 is 4.74 Å². The van der Waals surface area contributed by atoms with Crippen LogP contribution in [0, 0.1) is 0 Å². The van der Waals surface area contributed by atoms with Crippen LogP contribution in [-0.2, 0) is 12.3 Å². The van der Waals surface area contributed by atoms with Gasteiger partial charge in [-0.2, -0.15) is 0 Å². The summed E-state index contributed by atoms with van der Waals surface area (Å²) >= 11 is 1.65. The molecule has 0 radical (unpaired) electrons. The minimum Gasteiger partial charge on any atom is -0.493 e. The average molecular weight is 379 g/mol. The van der Waals surface area contributed by atoms with Crippen LogP contribution in [0.1, 0.15) is 19.5 Å². The number of nitrogens with zero attached hydrogens (tertiary/aromatic N) is 5. The monoisotopic (exact) mass is 379 g/mol. The molecule has 27 heavy (non-hydrogen) atoms. The van der Waals surface area contributed by atoms with E-state index in [4.69, 9.17) is 4.74 Å². The third-order valence-corrected chi connectivity index (χ3v) is 5.22. The number of pyridine rings is 1. The van der Waals surface area contributed by atoms with Crippen LogP contribution in [0.3, 0.4) is 0 Å². The Morgan fingerprint density at radius 2 is 1.89 bits per heavy atom. The van der Waals surface area contributed by atoms with Crippen LogP contribution in [-0.4, -0.2) is 30.8 Å². The molecule has 0 bridgehead atoms. The standard InChI is InChI=1S/C20H21N5OS/c1-3-25-19(16-9-5-6-10-17(16)26-4-2)22-23-20(25)27-14-15-13-24-12-8-7-11-18(24)21-15/h5-13H,3-4,14H2,1-2H3. The van der Waals surface area contributed by atoms with Gasteiger partial charge in [0.25, 0.3) is 0 Å². The second kappa shape index (κ2) is 7.84. The minimum atomic E-state index is 0.618. The van der Waals surface area contributed by atoms with E-state index >= 15 is 0 Å². The number of hydrogen-bond acceptors (Lipinski definition) is 5. The molecule has 4 rings (SSSR count).